The van der Waals surface area contributed by atoms with Crippen LogP contribution >= 0.6 is 11.8 Å². The summed E-state index contributed by atoms with van der Waals surface area (Å²) in [5.41, 5.74) is 1.59. The maximum atomic E-state index is 13.4. The molecule has 0 aromatic heterocycles. The molecule has 0 aliphatic rings. The number of guanidine groups is 1. The molecule has 0 radical (unpaired) electrons. The summed E-state index contributed by atoms with van der Waals surface area (Å²) in [5.74, 6) is 1.79. The highest BCUT2D eigenvalue weighted by Crippen LogP contribution is 2.08. The summed E-state index contributed by atoms with van der Waals surface area (Å²) in [4.78, 5) is 4.16. The zero-order valence-electron chi connectivity index (χ0n) is 12.5. The number of hydrogen-bond donors (Lipinski definition) is 2. The van der Waals surface area contributed by atoms with E-state index >= 15 is 0 Å². The SMILES string of the molecule is CN=C(NCCCCSC)NCc1ccc(C)c(F)c1. The highest BCUT2D eigenvalue weighted by atomic mass is 32.2. The lowest BCUT2D eigenvalue weighted by Gasteiger charge is -2.12. The molecule has 1 aromatic carbocycles. The Bertz CT molecular complexity index is 435. The monoisotopic (exact) mass is 297 g/mol. The molecule has 0 unspecified atom stereocenters. The van der Waals surface area contributed by atoms with Crippen LogP contribution in [0.2, 0.25) is 0 Å². The number of benzene rings is 1. The largest absolute Gasteiger partial charge is 0.356 e. The fraction of sp³-hybridized carbons (Fsp3) is 0.533. The molecule has 112 valence electrons. The fourth-order valence-electron chi connectivity index (χ4n) is 1.73. The van der Waals surface area contributed by atoms with Gasteiger partial charge in [0.25, 0.3) is 0 Å². The van der Waals surface area contributed by atoms with Crippen molar-refractivity contribution in [2.24, 2.45) is 4.99 Å². The van der Waals surface area contributed by atoms with E-state index in [9.17, 15) is 4.39 Å². The van der Waals surface area contributed by atoms with Gasteiger partial charge in [-0.2, -0.15) is 11.8 Å². The van der Waals surface area contributed by atoms with Crippen LogP contribution in [-0.2, 0) is 6.54 Å². The van der Waals surface area contributed by atoms with Crippen LogP contribution in [-0.4, -0.2) is 31.6 Å². The lowest BCUT2D eigenvalue weighted by molar-refractivity contribution is 0.615. The van der Waals surface area contributed by atoms with E-state index in [1.54, 1.807) is 26.1 Å². The van der Waals surface area contributed by atoms with Crippen molar-refractivity contribution < 1.29 is 4.39 Å². The third-order valence-electron chi connectivity index (χ3n) is 2.99. The molecule has 0 heterocycles. The normalized spacial score (nSPS) is 11.5. The molecule has 2 N–H and O–H groups in total. The second-order valence-corrected chi connectivity index (χ2v) is 5.62. The molecule has 0 spiro atoms. The molecule has 0 amide bonds. The zero-order chi connectivity index (χ0) is 14.8. The van der Waals surface area contributed by atoms with Crippen LogP contribution in [0.5, 0.6) is 0 Å². The first kappa shape index (κ1) is 16.8. The second-order valence-electron chi connectivity index (χ2n) is 4.64. The van der Waals surface area contributed by atoms with Gasteiger partial charge in [-0.25, -0.2) is 4.39 Å². The Morgan fingerprint density at radius 3 is 2.75 bits per heavy atom. The summed E-state index contributed by atoms with van der Waals surface area (Å²) in [7, 11) is 1.74. The van der Waals surface area contributed by atoms with Gasteiger partial charge in [0.15, 0.2) is 5.96 Å². The van der Waals surface area contributed by atoms with E-state index in [1.807, 2.05) is 17.8 Å². The van der Waals surface area contributed by atoms with Crippen LogP contribution in [0.15, 0.2) is 23.2 Å². The molecular weight excluding hydrogens is 273 g/mol. The summed E-state index contributed by atoms with van der Waals surface area (Å²) in [6.07, 6.45) is 4.45. The quantitative estimate of drug-likeness (QED) is 0.461. The average Bonchev–Trinajstić information content (AvgIpc) is 2.45. The smallest absolute Gasteiger partial charge is 0.191 e. The van der Waals surface area contributed by atoms with Crippen molar-refractivity contribution in [2.45, 2.75) is 26.3 Å². The van der Waals surface area contributed by atoms with Crippen LogP contribution in [0.3, 0.4) is 0 Å². The van der Waals surface area contributed by atoms with Crippen LogP contribution in [0.1, 0.15) is 24.0 Å². The second kappa shape index (κ2) is 9.64. The van der Waals surface area contributed by atoms with E-state index in [0.29, 0.717) is 12.1 Å². The number of halogens is 1. The van der Waals surface area contributed by atoms with Crippen LogP contribution in [0.4, 0.5) is 4.39 Å². The molecule has 0 fully saturated rings. The Kier molecular flexibility index (Phi) is 8.11. The van der Waals surface area contributed by atoms with Gasteiger partial charge in [-0.05, 0) is 49.0 Å². The van der Waals surface area contributed by atoms with E-state index in [4.69, 9.17) is 0 Å². The summed E-state index contributed by atoms with van der Waals surface area (Å²) in [6.45, 7) is 3.24. The first-order valence-corrected chi connectivity index (χ1v) is 8.25. The van der Waals surface area contributed by atoms with E-state index in [-0.39, 0.29) is 5.82 Å². The van der Waals surface area contributed by atoms with Gasteiger partial charge in [0, 0.05) is 20.1 Å². The molecule has 1 rings (SSSR count). The summed E-state index contributed by atoms with van der Waals surface area (Å²) in [5, 5.41) is 6.45. The van der Waals surface area contributed by atoms with Crippen molar-refractivity contribution in [1.82, 2.24) is 10.6 Å². The van der Waals surface area contributed by atoms with Crippen LogP contribution in [0.25, 0.3) is 0 Å². The number of hydrogen-bond acceptors (Lipinski definition) is 2. The van der Waals surface area contributed by atoms with Gasteiger partial charge < -0.3 is 10.6 Å². The predicted molar refractivity (Wildman–Crippen MR) is 87.0 cm³/mol. The first-order valence-electron chi connectivity index (χ1n) is 6.86. The Morgan fingerprint density at radius 1 is 1.30 bits per heavy atom. The average molecular weight is 297 g/mol. The van der Waals surface area contributed by atoms with Crippen molar-refractivity contribution in [3.8, 4) is 0 Å². The maximum absolute atomic E-state index is 13.4. The first-order chi connectivity index (χ1) is 9.67. The molecule has 1 aromatic rings. The maximum Gasteiger partial charge on any atom is 0.191 e. The number of unbranched alkanes of at least 4 members (excludes halogenated alkanes) is 1. The number of nitrogens with one attached hydrogen (secondary N) is 2. The zero-order valence-corrected chi connectivity index (χ0v) is 13.3. The van der Waals surface area contributed by atoms with Gasteiger partial charge in [-0.3, -0.25) is 4.99 Å². The third kappa shape index (κ3) is 6.28. The van der Waals surface area contributed by atoms with E-state index in [0.717, 1.165) is 24.5 Å². The third-order valence-corrected chi connectivity index (χ3v) is 3.68. The van der Waals surface area contributed by atoms with Crippen molar-refractivity contribution in [1.29, 1.82) is 0 Å². The topological polar surface area (TPSA) is 36.4 Å². The lowest BCUT2D eigenvalue weighted by Crippen LogP contribution is -2.37. The molecule has 0 aliphatic carbocycles. The highest BCUT2D eigenvalue weighted by molar-refractivity contribution is 7.98. The van der Waals surface area contributed by atoms with Crippen molar-refractivity contribution in [3.63, 3.8) is 0 Å². The summed E-state index contributed by atoms with van der Waals surface area (Å²) >= 11 is 1.87. The molecule has 20 heavy (non-hydrogen) atoms. The summed E-state index contributed by atoms with van der Waals surface area (Å²) in [6, 6.07) is 5.29. The summed E-state index contributed by atoms with van der Waals surface area (Å²) < 4.78 is 13.4. The predicted octanol–water partition coefficient (Wildman–Crippen LogP) is 2.94. The van der Waals surface area contributed by atoms with Crippen LogP contribution < -0.4 is 10.6 Å². The number of nitrogens with zero attached hydrogens (tertiary/aromatic N) is 1. The molecular formula is C15H24FN3S. The van der Waals surface area contributed by atoms with Crippen LogP contribution in [0, 0.1) is 12.7 Å². The van der Waals surface area contributed by atoms with Crippen molar-refractivity contribution in [2.75, 3.05) is 25.6 Å². The minimum absolute atomic E-state index is 0.163. The van der Waals surface area contributed by atoms with Gasteiger partial charge in [0.1, 0.15) is 5.82 Å². The lowest BCUT2D eigenvalue weighted by atomic mass is 10.1. The standard InChI is InChI=1S/C15H24FN3S/c1-12-6-7-13(10-14(12)16)11-19-15(17-2)18-8-4-5-9-20-3/h6-7,10H,4-5,8-9,11H2,1-3H3,(H2,17,18,19). The molecule has 0 saturated carbocycles. The number of thioether (sulfide) groups is 1. The Morgan fingerprint density at radius 2 is 2.10 bits per heavy atom. The minimum Gasteiger partial charge on any atom is -0.356 e. The molecule has 0 saturated heterocycles. The highest BCUT2D eigenvalue weighted by Gasteiger charge is 2.01. The van der Waals surface area contributed by atoms with Gasteiger partial charge in [0.05, 0.1) is 0 Å². The van der Waals surface area contributed by atoms with Gasteiger partial charge in [-0.15, -0.1) is 0 Å². The Balaban J connectivity index is 2.32. The number of rotatable bonds is 7. The van der Waals surface area contributed by atoms with Gasteiger partial charge in [-0.1, -0.05) is 12.1 Å². The molecule has 0 atom stereocenters. The number of aryl methyl sites for hydroxylation is 1. The van der Waals surface area contributed by atoms with E-state index in [1.165, 1.54) is 12.2 Å². The molecule has 3 nitrogen and oxygen atoms in total. The van der Waals surface area contributed by atoms with E-state index in [2.05, 4.69) is 21.9 Å². The minimum atomic E-state index is -0.163. The van der Waals surface area contributed by atoms with E-state index < -0.39 is 0 Å². The van der Waals surface area contributed by atoms with Gasteiger partial charge in [0.2, 0.25) is 0 Å². The Labute approximate surface area is 125 Å². The molecule has 0 bridgehead atoms. The van der Waals surface area contributed by atoms with Crippen molar-refractivity contribution >= 4 is 17.7 Å². The fourth-order valence-corrected chi connectivity index (χ4v) is 2.22. The molecule has 0 aliphatic heterocycles. The van der Waals surface area contributed by atoms with Gasteiger partial charge >= 0.3 is 0 Å². The molecule has 5 heteroatoms. The van der Waals surface area contributed by atoms with Crippen molar-refractivity contribution in [3.05, 3.63) is 35.1 Å². The Hall–Kier alpha value is -1.23. The number of aliphatic imine (C=N–C) groups is 1.